The summed E-state index contributed by atoms with van der Waals surface area (Å²) in [6, 6.07) is 20.1. The molecular weight excluding hydrogens is 390 g/mol. The van der Waals surface area contributed by atoms with E-state index in [2.05, 4.69) is 30.6 Å². The Hall–Kier alpha value is -2.28. The monoisotopic (exact) mass is 421 g/mol. The van der Waals surface area contributed by atoms with Crippen molar-refractivity contribution < 1.29 is 18.9 Å². The predicted octanol–water partition coefficient (Wildman–Crippen LogP) is 4.35. The highest BCUT2D eigenvalue weighted by atomic mass is 16.9. The van der Waals surface area contributed by atoms with Crippen LogP contribution in [0, 0.1) is 0 Å². The van der Waals surface area contributed by atoms with Gasteiger partial charge in [0.2, 0.25) is 5.79 Å². The van der Waals surface area contributed by atoms with Crippen molar-refractivity contribution in [3.63, 3.8) is 0 Å². The van der Waals surface area contributed by atoms with Crippen LogP contribution in [-0.4, -0.2) is 35.9 Å². The van der Waals surface area contributed by atoms with E-state index >= 15 is 0 Å². The van der Waals surface area contributed by atoms with E-state index in [1.165, 1.54) is 5.56 Å². The van der Waals surface area contributed by atoms with Gasteiger partial charge in [-0.2, -0.15) is 0 Å². The van der Waals surface area contributed by atoms with Crippen LogP contribution in [0.3, 0.4) is 0 Å². The molecule has 2 aliphatic rings. The first-order chi connectivity index (χ1) is 15.0. The van der Waals surface area contributed by atoms with Crippen LogP contribution in [0.15, 0.2) is 86.0 Å². The highest BCUT2D eigenvalue weighted by Gasteiger charge is 2.65. The average Bonchev–Trinajstić information content (AvgIpc) is 3.21. The zero-order chi connectivity index (χ0) is 21.9. The highest BCUT2D eigenvalue weighted by molar-refractivity contribution is 5.18. The molecule has 0 unspecified atom stereocenters. The summed E-state index contributed by atoms with van der Waals surface area (Å²) in [5, 5.41) is 3.54. The third kappa shape index (κ3) is 4.66. The molecule has 0 saturated carbocycles. The van der Waals surface area contributed by atoms with Gasteiger partial charge in [-0.1, -0.05) is 73.3 Å². The van der Waals surface area contributed by atoms with E-state index in [9.17, 15) is 0 Å². The largest absolute Gasteiger partial charge is 0.368 e. The van der Waals surface area contributed by atoms with Crippen LogP contribution in [0.25, 0.3) is 0 Å². The van der Waals surface area contributed by atoms with Gasteiger partial charge < -0.3 is 24.3 Å². The van der Waals surface area contributed by atoms with Crippen molar-refractivity contribution in [1.82, 2.24) is 5.32 Å². The Morgan fingerprint density at radius 2 is 1.65 bits per heavy atom. The summed E-state index contributed by atoms with van der Waals surface area (Å²) in [4.78, 5) is 0. The van der Waals surface area contributed by atoms with E-state index in [0.29, 0.717) is 13.2 Å². The Balaban J connectivity index is 1.56. The maximum atomic E-state index is 6.48. The van der Waals surface area contributed by atoms with Crippen LogP contribution in [0.5, 0.6) is 0 Å². The molecule has 0 amide bonds. The van der Waals surface area contributed by atoms with Gasteiger partial charge in [-0.05, 0) is 31.1 Å². The summed E-state index contributed by atoms with van der Waals surface area (Å²) in [5.41, 5.74) is 2.27. The lowest BCUT2D eigenvalue weighted by molar-refractivity contribution is -0.247. The minimum atomic E-state index is -1.06. The van der Waals surface area contributed by atoms with Crippen LogP contribution in [0.2, 0.25) is 0 Å². The fourth-order valence-electron chi connectivity index (χ4n) is 4.29. The van der Waals surface area contributed by atoms with E-state index in [0.717, 1.165) is 5.56 Å². The molecule has 0 radical (unpaired) electrons. The molecule has 2 saturated heterocycles. The van der Waals surface area contributed by atoms with Crippen molar-refractivity contribution in [1.29, 1.82) is 0 Å². The van der Waals surface area contributed by atoms with Crippen LogP contribution in [0.4, 0.5) is 0 Å². The SMILES string of the molecule is C=C[C@@H](NCc1ccccc1)[C@@H]1O[C@@]2(C=C)OC(C)(C)O[C@H]2[C@H]1OCc1ccccc1. The number of ether oxygens (including phenoxy) is 4. The Kier molecular flexibility index (Phi) is 6.42. The molecule has 0 aromatic heterocycles. The normalized spacial score (nSPS) is 29.9. The Morgan fingerprint density at radius 3 is 2.26 bits per heavy atom. The molecule has 0 spiro atoms. The third-order valence-corrected chi connectivity index (χ3v) is 5.72. The van der Waals surface area contributed by atoms with Crippen LogP contribution in [-0.2, 0) is 32.1 Å². The molecule has 2 aromatic carbocycles. The van der Waals surface area contributed by atoms with Crippen molar-refractivity contribution in [2.75, 3.05) is 0 Å². The molecule has 4 rings (SSSR count). The zero-order valence-corrected chi connectivity index (χ0v) is 18.2. The Labute approximate surface area is 184 Å². The first kappa shape index (κ1) is 21.9. The first-order valence-electron chi connectivity index (χ1n) is 10.7. The Bertz CT molecular complexity index is 885. The molecule has 0 aliphatic carbocycles. The minimum Gasteiger partial charge on any atom is -0.368 e. The van der Waals surface area contributed by atoms with Gasteiger partial charge in [0, 0.05) is 6.54 Å². The van der Waals surface area contributed by atoms with Gasteiger partial charge in [0.25, 0.3) is 0 Å². The molecule has 2 aliphatic heterocycles. The molecule has 5 nitrogen and oxygen atoms in total. The Morgan fingerprint density at radius 1 is 1.00 bits per heavy atom. The number of nitrogens with one attached hydrogen (secondary N) is 1. The van der Waals surface area contributed by atoms with Crippen molar-refractivity contribution in [3.05, 3.63) is 97.1 Å². The molecule has 31 heavy (non-hydrogen) atoms. The summed E-state index contributed by atoms with van der Waals surface area (Å²) in [7, 11) is 0. The van der Waals surface area contributed by atoms with Gasteiger partial charge in [0.05, 0.1) is 12.6 Å². The fraction of sp³-hybridized carbons (Fsp3) is 0.385. The lowest BCUT2D eigenvalue weighted by atomic mass is 9.99. The van der Waals surface area contributed by atoms with E-state index in [1.54, 1.807) is 6.08 Å². The smallest absolute Gasteiger partial charge is 0.220 e. The molecule has 2 aromatic rings. The number of rotatable bonds is 9. The van der Waals surface area contributed by atoms with E-state index < -0.39 is 17.7 Å². The molecule has 5 atom stereocenters. The quantitative estimate of drug-likeness (QED) is 0.610. The van der Waals surface area contributed by atoms with Gasteiger partial charge in [0.1, 0.15) is 18.3 Å². The molecule has 1 N–H and O–H groups in total. The average molecular weight is 422 g/mol. The molecule has 5 heteroatoms. The van der Waals surface area contributed by atoms with Crippen LogP contribution < -0.4 is 5.32 Å². The second-order valence-corrected chi connectivity index (χ2v) is 8.44. The van der Waals surface area contributed by atoms with E-state index in [-0.39, 0.29) is 18.2 Å². The molecule has 164 valence electrons. The lowest BCUT2D eigenvalue weighted by Gasteiger charge is -2.31. The number of hydrogen-bond acceptors (Lipinski definition) is 5. The topological polar surface area (TPSA) is 49.0 Å². The summed E-state index contributed by atoms with van der Waals surface area (Å²) in [6.07, 6.45) is 2.38. The maximum Gasteiger partial charge on any atom is 0.220 e. The zero-order valence-electron chi connectivity index (χ0n) is 18.2. The van der Waals surface area contributed by atoms with Crippen molar-refractivity contribution in [2.45, 2.75) is 62.9 Å². The second-order valence-electron chi connectivity index (χ2n) is 8.44. The van der Waals surface area contributed by atoms with Gasteiger partial charge >= 0.3 is 0 Å². The predicted molar refractivity (Wildman–Crippen MR) is 120 cm³/mol. The second kappa shape index (κ2) is 9.07. The van der Waals surface area contributed by atoms with Gasteiger partial charge in [-0.3, -0.25) is 0 Å². The summed E-state index contributed by atoms with van der Waals surface area (Å²) in [6.45, 7) is 12.9. The third-order valence-electron chi connectivity index (χ3n) is 5.72. The highest BCUT2D eigenvalue weighted by Crippen LogP contribution is 2.48. The summed E-state index contributed by atoms with van der Waals surface area (Å²) < 4.78 is 25.3. The van der Waals surface area contributed by atoms with Crippen molar-refractivity contribution in [3.8, 4) is 0 Å². The number of benzene rings is 2. The van der Waals surface area contributed by atoms with Gasteiger partial charge in [-0.15, -0.1) is 6.58 Å². The summed E-state index contributed by atoms with van der Waals surface area (Å²) >= 11 is 0. The van der Waals surface area contributed by atoms with Gasteiger partial charge in [-0.25, -0.2) is 0 Å². The standard InChI is InChI=1S/C26H31NO4/c1-5-21(27-17-19-13-9-7-10-14-19)22-23(28-18-20-15-11-8-12-16-20)24-26(6-2,29-22)31-25(3,4)30-24/h5-16,21-24,27H,1-2,17-18H2,3-4H3/t21-,22+,23+,24+,26+/m1/s1. The van der Waals surface area contributed by atoms with Crippen molar-refractivity contribution >= 4 is 0 Å². The lowest BCUT2D eigenvalue weighted by Crippen LogP contribution is -2.47. The number of fused-ring (bicyclic) bond motifs is 1. The van der Waals surface area contributed by atoms with E-state index in [4.69, 9.17) is 18.9 Å². The number of hydrogen-bond donors (Lipinski definition) is 1. The first-order valence-corrected chi connectivity index (χ1v) is 10.7. The van der Waals surface area contributed by atoms with Crippen LogP contribution in [0.1, 0.15) is 25.0 Å². The van der Waals surface area contributed by atoms with E-state index in [1.807, 2.05) is 68.5 Å². The van der Waals surface area contributed by atoms with Crippen LogP contribution >= 0.6 is 0 Å². The molecule has 0 bridgehead atoms. The molecule has 2 heterocycles. The fourth-order valence-corrected chi connectivity index (χ4v) is 4.29. The molecule has 2 fully saturated rings. The van der Waals surface area contributed by atoms with Crippen molar-refractivity contribution in [2.24, 2.45) is 0 Å². The molecular formula is C26H31NO4. The maximum absolute atomic E-state index is 6.48. The summed E-state index contributed by atoms with van der Waals surface area (Å²) in [5.74, 6) is -1.86. The minimum absolute atomic E-state index is 0.168. The van der Waals surface area contributed by atoms with Gasteiger partial charge in [0.15, 0.2) is 5.79 Å².